The van der Waals surface area contributed by atoms with Crippen LogP contribution in [0, 0.1) is 5.92 Å². The fourth-order valence-corrected chi connectivity index (χ4v) is 4.08. The number of amides is 1. The van der Waals surface area contributed by atoms with Gasteiger partial charge in [0.15, 0.2) is 5.78 Å². The van der Waals surface area contributed by atoms with E-state index in [1.807, 2.05) is 6.07 Å². The largest absolute Gasteiger partial charge is 0.486 e. The molecule has 1 fully saturated rings. The average Bonchev–Trinajstić information content (AvgIpc) is 2.54. The molecule has 0 radical (unpaired) electrons. The van der Waals surface area contributed by atoms with Gasteiger partial charge in [-0.15, -0.1) is 11.8 Å². The Bertz CT molecular complexity index is 700. The molecule has 0 aliphatic carbocycles. The number of para-hydroxylation sites is 1. The molecule has 6 nitrogen and oxygen atoms in total. The van der Waals surface area contributed by atoms with E-state index in [0.717, 1.165) is 0 Å². The Balaban J connectivity index is 1.68. The van der Waals surface area contributed by atoms with E-state index >= 15 is 0 Å². The summed E-state index contributed by atoms with van der Waals surface area (Å²) in [4.78, 5) is 37.1. The first-order valence-electron chi connectivity index (χ1n) is 7.09. The van der Waals surface area contributed by atoms with Gasteiger partial charge in [0.25, 0.3) is 0 Å². The second kappa shape index (κ2) is 6.08. The Morgan fingerprint density at radius 3 is 2.70 bits per heavy atom. The maximum absolute atomic E-state index is 12.3. The SMILES string of the molecule is CC1=C(C(=O)O)N2C(=O)C(C(=O)COc3ccccc3)[C@H]2SC1. The molecule has 1 aromatic carbocycles. The van der Waals surface area contributed by atoms with Crippen molar-refractivity contribution in [3.05, 3.63) is 41.6 Å². The third kappa shape index (κ3) is 2.72. The van der Waals surface area contributed by atoms with Crippen molar-refractivity contribution in [2.24, 2.45) is 5.92 Å². The van der Waals surface area contributed by atoms with Crippen molar-refractivity contribution in [2.45, 2.75) is 12.3 Å². The second-order valence-corrected chi connectivity index (χ2v) is 6.49. The van der Waals surface area contributed by atoms with Crippen LogP contribution in [0.3, 0.4) is 0 Å². The number of ether oxygens (including phenoxy) is 1. The molecule has 2 atom stereocenters. The van der Waals surface area contributed by atoms with E-state index in [9.17, 15) is 19.5 Å². The third-order valence-electron chi connectivity index (χ3n) is 3.83. The maximum Gasteiger partial charge on any atom is 0.352 e. The normalized spacial score (nSPS) is 23.2. The molecule has 0 bridgehead atoms. The molecule has 1 N–H and O–H groups in total. The van der Waals surface area contributed by atoms with Crippen molar-refractivity contribution in [2.75, 3.05) is 12.4 Å². The van der Waals surface area contributed by atoms with E-state index in [1.54, 1.807) is 31.2 Å². The average molecular weight is 333 g/mol. The van der Waals surface area contributed by atoms with Gasteiger partial charge in [-0.1, -0.05) is 18.2 Å². The number of benzene rings is 1. The Morgan fingerprint density at radius 1 is 1.35 bits per heavy atom. The zero-order valence-electron chi connectivity index (χ0n) is 12.4. The highest BCUT2D eigenvalue weighted by atomic mass is 32.2. The molecule has 2 heterocycles. The monoisotopic (exact) mass is 333 g/mol. The standard InChI is InChI=1S/C16H15NO5S/c1-9-8-23-15-12(14(19)17(15)13(9)16(20)21)11(18)7-22-10-5-3-2-4-6-10/h2-6,12,15H,7-8H2,1H3,(H,20,21)/t12?,15-/m1/s1. The van der Waals surface area contributed by atoms with Gasteiger partial charge in [-0.05, 0) is 24.6 Å². The Kier molecular flexibility index (Phi) is 4.12. The van der Waals surface area contributed by atoms with Gasteiger partial charge in [-0.2, -0.15) is 0 Å². The van der Waals surface area contributed by atoms with Crippen molar-refractivity contribution in [1.29, 1.82) is 0 Å². The van der Waals surface area contributed by atoms with Crippen molar-refractivity contribution in [3.63, 3.8) is 0 Å². The van der Waals surface area contributed by atoms with Crippen LogP contribution >= 0.6 is 11.8 Å². The van der Waals surface area contributed by atoms with Crippen LogP contribution in [0.2, 0.25) is 0 Å². The summed E-state index contributed by atoms with van der Waals surface area (Å²) in [5.74, 6) is -1.68. The van der Waals surface area contributed by atoms with Gasteiger partial charge in [-0.3, -0.25) is 14.5 Å². The smallest absolute Gasteiger partial charge is 0.352 e. The molecule has 2 aliphatic rings. The van der Waals surface area contributed by atoms with Crippen LogP contribution in [-0.2, 0) is 14.4 Å². The van der Waals surface area contributed by atoms with Gasteiger partial charge < -0.3 is 9.84 Å². The number of carboxylic acid groups (broad SMARTS) is 1. The summed E-state index contributed by atoms with van der Waals surface area (Å²) in [6.07, 6.45) is 0. The molecule has 3 rings (SSSR count). The third-order valence-corrected chi connectivity index (χ3v) is 5.26. The van der Waals surface area contributed by atoms with Gasteiger partial charge in [0, 0.05) is 5.75 Å². The molecule has 1 unspecified atom stereocenters. The first kappa shape index (κ1) is 15.6. The van der Waals surface area contributed by atoms with Crippen LogP contribution in [0.25, 0.3) is 0 Å². The summed E-state index contributed by atoms with van der Waals surface area (Å²) < 4.78 is 5.39. The number of Topliss-reactive ketones (excluding diaryl/α,β-unsaturated/α-hetero) is 1. The zero-order valence-corrected chi connectivity index (χ0v) is 13.2. The number of hydrogen-bond donors (Lipinski definition) is 1. The van der Waals surface area contributed by atoms with E-state index in [0.29, 0.717) is 17.1 Å². The molecular formula is C16H15NO5S. The molecular weight excluding hydrogens is 318 g/mol. The highest BCUT2D eigenvalue weighted by Gasteiger charge is 2.56. The summed E-state index contributed by atoms with van der Waals surface area (Å²) >= 11 is 1.41. The van der Waals surface area contributed by atoms with Crippen LogP contribution in [0.5, 0.6) is 5.75 Å². The van der Waals surface area contributed by atoms with E-state index in [2.05, 4.69) is 0 Å². The van der Waals surface area contributed by atoms with Gasteiger partial charge in [-0.25, -0.2) is 4.79 Å². The fraction of sp³-hybridized carbons (Fsp3) is 0.312. The first-order valence-corrected chi connectivity index (χ1v) is 8.14. The summed E-state index contributed by atoms with van der Waals surface area (Å²) in [7, 11) is 0. The zero-order chi connectivity index (χ0) is 16.6. The number of thioether (sulfide) groups is 1. The minimum Gasteiger partial charge on any atom is -0.486 e. The number of carbonyl (C=O) groups is 3. The predicted molar refractivity (Wildman–Crippen MR) is 83.9 cm³/mol. The van der Waals surface area contributed by atoms with Crippen molar-refractivity contribution in [3.8, 4) is 5.75 Å². The summed E-state index contributed by atoms with van der Waals surface area (Å²) in [5.41, 5.74) is 0.644. The van der Waals surface area contributed by atoms with E-state index in [4.69, 9.17) is 4.74 Å². The molecule has 1 aromatic rings. The molecule has 1 amide bonds. The van der Waals surface area contributed by atoms with Crippen molar-refractivity contribution < 1.29 is 24.2 Å². The predicted octanol–water partition coefficient (Wildman–Crippen LogP) is 1.52. The number of carboxylic acids is 1. The molecule has 0 spiro atoms. The first-order chi connectivity index (χ1) is 11.0. The highest BCUT2D eigenvalue weighted by molar-refractivity contribution is 8.00. The number of aliphatic carboxylic acids is 1. The van der Waals surface area contributed by atoms with Crippen LogP contribution in [0.4, 0.5) is 0 Å². The maximum atomic E-state index is 12.3. The Labute approximate surface area is 137 Å². The summed E-state index contributed by atoms with van der Waals surface area (Å²) in [5, 5.41) is 8.81. The van der Waals surface area contributed by atoms with E-state index < -0.39 is 23.2 Å². The number of carbonyl (C=O) groups excluding carboxylic acids is 2. The topological polar surface area (TPSA) is 83.9 Å². The van der Waals surface area contributed by atoms with Crippen molar-refractivity contribution >= 4 is 29.4 Å². The number of fused-ring (bicyclic) bond motifs is 1. The lowest BCUT2D eigenvalue weighted by Crippen LogP contribution is -2.64. The lowest BCUT2D eigenvalue weighted by molar-refractivity contribution is -0.157. The molecule has 1 saturated heterocycles. The number of hydrogen-bond acceptors (Lipinski definition) is 5. The lowest BCUT2D eigenvalue weighted by Gasteiger charge is -2.48. The Hall–Kier alpha value is -2.28. The van der Waals surface area contributed by atoms with Crippen molar-refractivity contribution in [1.82, 2.24) is 4.90 Å². The molecule has 2 aliphatic heterocycles. The molecule has 120 valence electrons. The molecule has 0 saturated carbocycles. The highest BCUT2D eigenvalue weighted by Crippen LogP contribution is 2.43. The summed E-state index contributed by atoms with van der Waals surface area (Å²) in [6, 6.07) is 8.88. The quantitative estimate of drug-likeness (QED) is 0.650. The van der Waals surface area contributed by atoms with Crippen LogP contribution in [0.15, 0.2) is 41.6 Å². The molecule has 0 aromatic heterocycles. The van der Waals surface area contributed by atoms with Crippen LogP contribution in [0.1, 0.15) is 6.92 Å². The van der Waals surface area contributed by atoms with Gasteiger partial charge in [0.1, 0.15) is 29.3 Å². The van der Waals surface area contributed by atoms with E-state index in [-0.39, 0.29) is 18.1 Å². The minimum atomic E-state index is -1.13. The van der Waals surface area contributed by atoms with E-state index in [1.165, 1.54) is 16.7 Å². The van der Waals surface area contributed by atoms with Gasteiger partial charge in [0.2, 0.25) is 5.91 Å². The molecule has 7 heteroatoms. The van der Waals surface area contributed by atoms with Gasteiger partial charge >= 0.3 is 5.97 Å². The second-order valence-electron chi connectivity index (χ2n) is 5.39. The lowest BCUT2D eigenvalue weighted by atomic mass is 9.91. The number of ketones is 1. The number of nitrogens with zero attached hydrogens (tertiary/aromatic N) is 1. The van der Waals surface area contributed by atoms with Gasteiger partial charge in [0.05, 0.1) is 0 Å². The van der Waals surface area contributed by atoms with Crippen LogP contribution in [-0.4, -0.2) is 45.4 Å². The fourth-order valence-electron chi connectivity index (χ4n) is 2.70. The Morgan fingerprint density at radius 2 is 2.04 bits per heavy atom. The number of β-lactam (4-membered cyclic amide) rings is 1. The van der Waals surface area contributed by atoms with Crippen LogP contribution < -0.4 is 4.74 Å². The number of rotatable bonds is 5. The summed E-state index contributed by atoms with van der Waals surface area (Å²) in [6.45, 7) is 1.49. The molecule has 23 heavy (non-hydrogen) atoms. The minimum absolute atomic E-state index is 0.00628.